The summed E-state index contributed by atoms with van der Waals surface area (Å²) in [7, 11) is -4.41. The summed E-state index contributed by atoms with van der Waals surface area (Å²) in [6.07, 6.45) is -1.67. The number of piperidine rings is 1. The van der Waals surface area contributed by atoms with E-state index in [0.717, 1.165) is 37.9 Å². The molecule has 1 aromatic rings. The van der Waals surface area contributed by atoms with E-state index >= 15 is 0 Å². The van der Waals surface area contributed by atoms with Crippen molar-refractivity contribution in [2.75, 3.05) is 11.4 Å². The molecule has 4 nitrogen and oxygen atoms in total. The van der Waals surface area contributed by atoms with Gasteiger partial charge in [0.25, 0.3) is 0 Å². The number of sulfonamides is 1. The molecule has 0 unspecified atom stereocenters. The number of nitrogens with zero attached hydrogens (tertiary/aromatic N) is 1. The number of primary sulfonamides is 1. The molecule has 2 bridgehead atoms. The van der Waals surface area contributed by atoms with E-state index in [4.69, 9.17) is 5.14 Å². The molecule has 1 saturated heterocycles. The summed E-state index contributed by atoms with van der Waals surface area (Å²) in [5, 5.41) is 4.88. The van der Waals surface area contributed by atoms with E-state index < -0.39 is 26.7 Å². The van der Waals surface area contributed by atoms with Gasteiger partial charge >= 0.3 is 6.18 Å². The highest BCUT2D eigenvalue weighted by Crippen LogP contribution is 2.42. The Morgan fingerprint density at radius 1 is 1.24 bits per heavy atom. The third kappa shape index (κ3) is 2.62. The van der Waals surface area contributed by atoms with Crippen LogP contribution in [0, 0.1) is 5.92 Å². The lowest BCUT2D eigenvalue weighted by Gasteiger charge is -2.30. The SMILES string of the molecule is NS(=O)(=O)c1ccc(N2C[C@H]3CC[C@@H]2C3)cc1C(F)(F)F. The van der Waals surface area contributed by atoms with Crippen LogP contribution >= 0.6 is 0 Å². The van der Waals surface area contributed by atoms with Crippen LogP contribution < -0.4 is 10.0 Å². The fourth-order valence-electron chi connectivity index (χ4n) is 3.41. The molecule has 116 valence electrons. The van der Waals surface area contributed by atoms with E-state index in [1.165, 1.54) is 6.07 Å². The first-order valence-corrected chi connectivity index (χ1v) is 8.21. The highest BCUT2D eigenvalue weighted by atomic mass is 32.2. The number of hydrogen-bond donors (Lipinski definition) is 1. The van der Waals surface area contributed by atoms with Crippen LogP contribution in [0.5, 0.6) is 0 Å². The molecule has 1 heterocycles. The Hall–Kier alpha value is -1.28. The number of hydrogen-bond acceptors (Lipinski definition) is 3. The fourth-order valence-corrected chi connectivity index (χ4v) is 4.15. The molecule has 1 aliphatic heterocycles. The lowest BCUT2D eigenvalue weighted by Crippen LogP contribution is -2.32. The normalized spacial score (nSPS) is 25.6. The van der Waals surface area contributed by atoms with E-state index in [9.17, 15) is 21.6 Å². The number of nitrogens with two attached hydrogens (primary N) is 1. The summed E-state index contributed by atoms with van der Waals surface area (Å²) in [6.45, 7) is 0.733. The number of benzene rings is 1. The summed E-state index contributed by atoms with van der Waals surface area (Å²) in [4.78, 5) is 1.07. The van der Waals surface area contributed by atoms with E-state index in [1.807, 2.05) is 4.90 Å². The standard InChI is InChI=1S/C13H15F3N2O2S/c14-13(15,16)11-6-10(3-4-12(11)21(17,19)20)18-7-8-1-2-9(18)5-8/h3-4,6,8-9H,1-2,5,7H2,(H2,17,19,20)/t8-,9+/m0/s1. The van der Waals surface area contributed by atoms with Crippen LogP contribution in [0.4, 0.5) is 18.9 Å². The molecule has 21 heavy (non-hydrogen) atoms. The molecule has 0 aromatic heterocycles. The van der Waals surface area contributed by atoms with Gasteiger partial charge in [0.1, 0.15) is 0 Å². The van der Waals surface area contributed by atoms with Gasteiger partial charge in [-0.15, -0.1) is 0 Å². The largest absolute Gasteiger partial charge is 0.417 e. The zero-order chi connectivity index (χ0) is 15.4. The number of rotatable bonds is 2. The first-order chi connectivity index (χ1) is 9.66. The first kappa shape index (κ1) is 14.6. The van der Waals surface area contributed by atoms with Crippen molar-refractivity contribution in [3.8, 4) is 0 Å². The molecule has 0 spiro atoms. The average molecular weight is 320 g/mol. The monoisotopic (exact) mass is 320 g/mol. The molecule has 1 aromatic carbocycles. The van der Waals surface area contributed by atoms with E-state index in [0.29, 0.717) is 11.6 Å². The number of anilines is 1. The predicted octanol–water partition coefficient (Wildman–Crippen LogP) is 2.34. The fraction of sp³-hybridized carbons (Fsp3) is 0.538. The number of alkyl halides is 3. The summed E-state index contributed by atoms with van der Waals surface area (Å²) >= 11 is 0. The van der Waals surface area contributed by atoms with Gasteiger partial charge in [-0.3, -0.25) is 0 Å². The van der Waals surface area contributed by atoms with Gasteiger partial charge in [-0.1, -0.05) is 0 Å². The lowest BCUT2D eigenvalue weighted by molar-refractivity contribution is -0.139. The van der Waals surface area contributed by atoms with Gasteiger partial charge < -0.3 is 4.90 Å². The number of fused-ring (bicyclic) bond motifs is 2. The van der Waals surface area contributed by atoms with Crippen molar-refractivity contribution in [1.82, 2.24) is 0 Å². The minimum absolute atomic E-state index is 0.261. The van der Waals surface area contributed by atoms with E-state index in [2.05, 4.69) is 0 Å². The maximum atomic E-state index is 13.1. The maximum absolute atomic E-state index is 13.1. The molecule has 0 amide bonds. The van der Waals surface area contributed by atoms with Crippen LogP contribution in [0.25, 0.3) is 0 Å². The van der Waals surface area contributed by atoms with Crippen molar-refractivity contribution < 1.29 is 21.6 Å². The Balaban J connectivity index is 2.05. The smallest absolute Gasteiger partial charge is 0.368 e. The minimum Gasteiger partial charge on any atom is -0.368 e. The molecule has 2 fully saturated rings. The molecule has 3 rings (SSSR count). The van der Waals surface area contributed by atoms with Crippen molar-refractivity contribution in [2.24, 2.45) is 11.1 Å². The minimum atomic E-state index is -4.75. The summed E-state index contributed by atoms with van der Waals surface area (Å²) in [5.74, 6) is 0.530. The zero-order valence-corrected chi connectivity index (χ0v) is 11.9. The average Bonchev–Trinajstić information content (AvgIpc) is 2.98. The van der Waals surface area contributed by atoms with E-state index in [-0.39, 0.29) is 6.04 Å². The lowest BCUT2D eigenvalue weighted by atomic mass is 10.1. The van der Waals surface area contributed by atoms with E-state index in [1.54, 1.807) is 0 Å². The molecule has 2 atom stereocenters. The van der Waals surface area contributed by atoms with Crippen LogP contribution in [0.2, 0.25) is 0 Å². The molecule has 1 saturated carbocycles. The second-order valence-electron chi connectivity index (χ2n) is 5.71. The van der Waals surface area contributed by atoms with Gasteiger partial charge in [0.05, 0.1) is 10.5 Å². The van der Waals surface area contributed by atoms with Gasteiger partial charge in [-0.2, -0.15) is 13.2 Å². The summed E-state index contributed by atoms with van der Waals surface area (Å²) in [5.41, 5.74) is -0.771. The second-order valence-corrected chi connectivity index (χ2v) is 7.24. The molecule has 0 radical (unpaired) electrons. The van der Waals surface area contributed by atoms with Crippen molar-refractivity contribution in [2.45, 2.75) is 36.4 Å². The van der Waals surface area contributed by atoms with Gasteiger partial charge in [-0.25, -0.2) is 13.6 Å². The molecule has 1 aliphatic carbocycles. The molecule has 8 heteroatoms. The van der Waals surface area contributed by atoms with Crippen LogP contribution in [0.1, 0.15) is 24.8 Å². The third-order valence-corrected chi connectivity index (χ3v) is 5.28. The molecule has 2 N–H and O–H groups in total. The van der Waals surface area contributed by atoms with Gasteiger partial charge in [0.2, 0.25) is 10.0 Å². The topological polar surface area (TPSA) is 63.4 Å². The Morgan fingerprint density at radius 3 is 2.43 bits per heavy atom. The van der Waals surface area contributed by atoms with Crippen LogP contribution in [-0.4, -0.2) is 21.0 Å². The van der Waals surface area contributed by atoms with Crippen molar-refractivity contribution >= 4 is 15.7 Å². The maximum Gasteiger partial charge on any atom is 0.417 e. The van der Waals surface area contributed by atoms with Crippen LogP contribution in [0.15, 0.2) is 23.1 Å². The Kier molecular flexibility index (Phi) is 3.21. The predicted molar refractivity (Wildman–Crippen MR) is 71.3 cm³/mol. The van der Waals surface area contributed by atoms with Gasteiger partial charge in [0.15, 0.2) is 0 Å². The van der Waals surface area contributed by atoms with Crippen molar-refractivity contribution in [3.05, 3.63) is 23.8 Å². The molecular formula is C13H15F3N2O2S. The van der Waals surface area contributed by atoms with Gasteiger partial charge in [0, 0.05) is 18.3 Å². The van der Waals surface area contributed by atoms with Crippen LogP contribution in [-0.2, 0) is 16.2 Å². The molecular weight excluding hydrogens is 305 g/mol. The Bertz CT molecular complexity index is 672. The van der Waals surface area contributed by atoms with Crippen molar-refractivity contribution in [1.29, 1.82) is 0 Å². The zero-order valence-electron chi connectivity index (χ0n) is 11.1. The number of halogens is 3. The van der Waals surface area contributed by atoms with Gasteiger partial charge in [-0.05, 0) is 43.4 Å². The highest BCUT2D eigenvalue weighted by molar-refractivity contribution is 7.89. The summed E-state index contributed by atoms with van der Waals surface area (Å²) < 4.78 is 61.9. The first-order valence-electron chi connectivity index (χ1n) is 6.67. The highest BCUT2D eigenvalue weighted by Gasteiger charge is 2.40. The Labute approximate surface area is 120 Å². The quantitative estimate of drug-likeness (QED) is 0.910. The second kappa shape index (κ2) is 4.61. The Morgan fingerprint density at radius 2 is 1.95 bits per heavy atom. The van der Waals surface area contributed by atoms with Crippen molar-refractivity contribution in [3.63, 3.8) is 0 Å². The summed E-state index contributed by atoms with van der Waals surface area (Å²) in [6, 6.07) is 3.53. The third-order valence-electron chi connectivity index (χ3n) is 4.32. The van der Waals surface area contributed by atoms with Crippen LogP contribution in [0.3, 0.4) is 0 Å². The molecule has 2 aliphatic rings.